The molecule has 20 heavy (non-hydrogen) atoms. The van der Waals surface area contributed by atoms with Crippen LogP contribution in [-0.4, -0.2) is 30.9 Å². The molecule has 0 unspecified atom stereocenters. The summed E-state index contributed by atoms with van der Waals surface area (Å²) in [6, 6.07) is 4.57. The minimum atomic E-state index is -0.363. The lowest BCUT2D eigenvalue weighted by Gasteiger charge is -2.27. The van der Waals surface area contributed by atoms with Gasteiger partial charge >= 0.3 is 0 Å². The molecule has 0 radical (unpaired) electrons. The molecular weight excluding hydrogens is 302 g/mol. The van der Waals surface area contributed by atoms with Crippen LogP contribution in [-0.2, 0) is 11.3 Å². The molecule has 0 saturated carbocycles. The highest BCUT2D eigenvalue weighted by Crippen LogP contribution is 2.22. The van der Waals surface area contributed by atoms with E-state index in [1.54, 1.807) is 24.1 Å². The zero-order valence-electron chi connectivity index (χ0n) is 11.4. The number of nitrogens with one attached hydrogen (secondary N) is 1. The number of rotatable bonds is 3. The van der Waals surface area contributed by atoms with Crippen molar-refractivity contribution in [1.29, 1.82) is 0 Å². The Morgan fingerprint density at radius 3 is 2.70 bits per heavy atom. The topological polar surface area (TPSA) is 32.3 Å². The van der Waals surface area contributed by atoms with E-state index >= 15 is 0 Å². The number of halogens is 3. The van der Waals surface area contributed by atoms with Crippen LogP contribution in [0.25, 0.3) is 0 Å². The zero-order valence-corrected chi connectivity index (χ0v) is 12.9. The van der Waals surface area contributed by atoms with Gasteiger partial charge in [0.25, 0.3) is 0 Å². The Hall–Kier alpha value is -0.840. The molecule has 1 amide bonds. The van der Waals surface area contributed by atoms with Gasteiger partial charge in [0.05, 0.1) is 0 Å². The van der Waals surface area contributed by atoms with Gasteiger partial charge in [-0.3, -0.25) is 4.79 Å². The Labute approximate surface area is 129 Å². The second-order valence-corrected chi connectivity index (χ2v) is 5.33. The molecule has 1 saturated heterocycles. The molecule has 0 atom stereocenters. The van der Waals surface area contributed by atoms with Gasteiger partial charge in [0.15, 0.2) is 0 Å². The minimum Gasteiger partial charge on any atom is -0.341 e. The van der Waals surface area contributed by atoms with Crippen LogP contribution in [0.15, 0.2) is 18.2 Å². The molecule has 1 N–H and O–H groups in total. The maximum Gasteiger partial charge on any atom is 0.225 e. The molecular formula is C14H19Cl2FN2O. The summed E-state index contributed by atoms with van der Waals surface area (Å²) >= 11 is 5.98. The Balaban J connectivity index is 0.00000200. The summed E-state index contributed by atoms with van der Waals surface area (Å²) in [6.07, 6.45) is 1.68. The van der Waals surface area contributed by atoms with Gasteiger partial charge in [-0.2, -0.15) is 0 Å². The van der Waals surface area contributed by atoms with Gasteiger partial charge in [0.1, 0.15) is 5.82 Å². The van der Waals surface area contributed by atoms with Crippen LogP contribution in [0.3, 0.4) is 0 Å². The normalized spacial score (nSPS) is 15.6. The summed E-state index contributed by atoms with van der Waals surface area (Å²) < 4.78 is 13.7. The number of hydrogen-bond donors (Lipinski definition) is 1. The zero-order chi connectivity index (χ0) is 13.8. The number of piperidine rings is 1. The van der Waals surface area contributed by atoms with Crippen molar-refractivity contribution in [2.75, 3.05) is 20.1 Å². The van der Waals surface area contributed by atoms with Crippen LogP contribution in [0, 0.1) is 11.7 Å². The van der Waals surface area contributed by atoms with Crippen molar-refractivity contribution < 1.29 is 9.18 Å². The molecule has 1 heterocycles. The molecule has 112 valence electrons. The third-order valence-corrected chi connectivity index (χ3v) is 3.88. The summed E-state index contributed by atoms with van der Waals surface area (Å²) in [4.78, 5) is 13.8. The SMILES string of the molecule is CN(Cc1c(F)cccc1Cl)C(=O)C1CCNCC1.Cl. The van der Waals surface area contributed by atoms with E-state index < -0.39 is 0 Å². The second-order valence-electron chi connectivity index (χ2n) is 4.92. The number of benzene rings is 1. The highest BCUT2D eigenvalue weighted by atomic mass is 35.5. The van der Waals surface area contributed by atoms with E-state index in [2.05, 4.69) is 5.32 Å². The maximum atomic E-state index is 13.7. The molecule has 1 fully saturated rings. The van der Waals surface area contributed by atoms with E-state index in [9.17, 15) is 9.18 Å². The lowest BCUT2D eigenvalue weighted by molar-refractivity contribution is -0.135. The molecule has 0 spiro atoms. The monoisotopic (exact) mass is 320 g/mol. The summed E-state index contributed by atoms with van der Waals surface area (Å²) in [5.74, 6) is -0.255. The first-order valence-electron chi connectivity index (χ1n) is 6.48. The highest BCUT2D eigenvalue weighted by Gasteiger charge is 2.24. The first kappa shape index (κ1) is 17.2. The predicted octanol–water partition coefficient (Wildman–Crippen LogP) is 2.86. The fourth-order valence-corrected chi connectivity index (χ4v) is 2.60. The summed E-state index contributed by atoms with van der Waals surface area (Å²) in [5.41, 5.74) is 0.383. The minimum absolute atomic E-state index is 0. The lowest BCUT2D eigenvalue weighted by Crippen LogP contribution is -2.39. The summed E-state index contributed by atoms with van der Waals surface area (Å²) in [6.45, 7) is 1.95. The van der Waals surface area contributed by atoms with Crippen LogP contribution in [0.2, 0.25) is 5.02 Å². The number of amides is 1. The van der Waals surface area contributed by atoms with Gasteiger partial charge in [-0.25, -0.2) is 4.39 Å². The number of hydrogen-bond acceptors (Lipinski definition) is 2. The van der Waals surface area contributed by atoms with Gasteiger partial charge in [-0.05, 0) is 38.1 Å². The van der Waals surface area contributed by atoms with Crippen LogP contribution in [0.1, 0.15) is 18.4 Å². The standard InChI is InChI=1S/C14H18ClFN2O.ClH/c1-18(14(19)10-5-7-17-8-6-10)9-11-12(15)3-2-4-13(11)16;/h2-4,10,17H,5-9H2,1H3;1H. The van der Waals surface area contributed by atoms with Crippen molar-refractivity contribution in [2.24, 2.45) is 5.92 Å². The molecule has 6 heteroatoms. The molecule has 1 aliphatic heterocycles. The van der Waals surface area contributed by atoms with E-state index in [1.165, 1.54) is 6.07 Å². The smallest absolute Gasteiger partial charge is 0.225 e. The van der Waals surface area contributed by atoms with Gasteiger partial charge in [-0.15, -0.1) is 12.4 Å². The Bertz CT molecular complexity index is 444. The van der Waals surface area contributed by atoms with Crippen LogP contribution in [0.5, 0.6) is 0 Å². The van der Waals surface area contributed by atoms with Crippen molar-refractivity contribution in [1.82, 2.24) is 10.2 Å². The maximum absolute atomic E-state index is 13.7. The fraction of sp³-hybridized carbons (Fsp3) is 0.500. The van der Waals surface area contributed by atoms with E-state index in [0.29, 0.717) is 10.6 Å². The van der Waals surface area contributed by atoms with Gasteiger partial charge in [0, 0.05) is 30.1 Å². The van der Waals surface area contributed by atoms with Crippen molar-refractivity contribution >= 4 is 29.9 Å². The Kier molecular flexibility index (Phi) is 6.72. The average Bonchev–Trinajstić information content (AvgIpc) is 2.43. The van der Waals surface area contributed by atoms with Crippen LogP contribution < -0.4 is 5.32 Å². The van der Waals surface area contributed by atoms with E-state index in [4.69, 9.17) is 11.6 Å². The average molecular weight is 321 g/mol. The molecule has 1 aliphatic rings. The largest absolute Gasteiger partial charge is 0.341 e. The van der Waals surface area contributed by atoms with E-state index in [0.717, 1.165) is 25.9 Å². The van der Waals surface area contributed by atoms with E-state index in [1.807, 2.05) is 0 Å². The Morgan fingerprint density at radius 2 is 2.10 bits per heavy atom. The molecule has 0 aliphatic carbocycles. The molecule has 2 rings (SSSR count). The molecule has 1 aromatic rings. The molecule has 3 nitrogen and oxygen atoms in total. The van der Waals surface area contributed by atoms with Crippen molar-refractivity contribution in [3.8, 4) is 0 Å². The third-order valence-electron chi connectivity index (χ3n) is 3.52. The highest BCUT2D eigenvalue weighted by molar-refractivity contribution is 6.31. The predicted molar refractivity (Wildman–Crippen MR) is 80.7 cm³/mol. The summed E-state index contributed by atoms with van der Waals surface area (Å²) in [7, 11) is 1.70. The fourth-order valence-electron chi connectivity index (χ4n) is 2.38. The van der Waals surface area contributed by atoms with Crippen LogP contribution >= 0.6 is 24.0 Å². The Morgan fingerprint density at radius 1 is 1.45 bits per heavy atom. The van der Waals surface area contributed by atoms with Gasteiger partial charge in [0.2, 0.25) is 5.91 Å². The number of carbonyl (C=O) groups is 1. The van der Waals surface area contributed by atoms with Gasteiger partial charge < -0.3 is 10.2 Å². The summed E-state index contributed by atoms with van der Waals surface area (Å²) in [5, 5.41) is 3.59. The van der Waals surface area contributed by atoms with Crippen molar-refractivity contribution in [3.63, 3.8) is 0 Å². The van der Waals surface area contributed by atoms with Gasteiger partial charge in [-0.1, -0.05) is 17.7 Å². The quantitative estimate of drug-likeness (QED) is 0.928. The molecule has 1 aromatic carbocycles. The third kappa shape index (κ3) is 4.08. The number of nitrogens with zero attached hydrogens (tertiary/aromatic N) is 1. The van der Waals surface area contributed by atoms with E-state index in [-0.39, 0.29) is 36.6 Å². The number of carbonyl (C=O) groups excluding carboxylic acids is 1. The van der Waals surface area contributed by atoms with Crippen LogP contribution in [0.4, 0.5) is 4.39 Å². The molecule has 0 bridgehead atoms. The first-order chi connectivity index (χ1) is 9.09. The first-order valence-corrected chi connectivity index (χ1v) is 6.86. The van der Waals surface area contributed by atoms with Crippen molar-refractivity contribution in [3.05, 3.63) is 34.6 Å². The second kappa shape index (κ2) is 7.81. The van der Waals surface area contributed by atoms with Crippen molar-refractivity contribution in [2.45, 2.75) is 19.4 Å². The molecule has 0 aromatic heterocycles. The lowest BCUT2D eigenvalue weighted by atomic mass is 9.96.